The van der Waals surface area contributed by atoms with E-state index in [1.807, 2.05) is 86.6 Å². The predicted octanol–water partition coefficient (Wildman–Crippen LogP) is 5.86. The normalized spacial score (nSPS) is 13.8. The van der Waals surface area contributed by atoms with Gasteiger partial charge in [0, 0.05) is 10.6 Å². The van der Waals surface area contributed by atoms with E-state index in [0.717, 1.165) is 33.7 Å². The molecule has 0 saturated carbocycles. The molecule has 0 saturated heterocycles. The number of nitrogens with one attached hydrogen (secondary N) is 1. The Morgan fingerprint density at radius 1 is 0.806 bits per heavy atom. The number of imide groups is 1. The molecular weight excluding hydrogens is 404 g/mol. The average Bonchev–Trinajstić information content (AvgIpc) is 3.00. The van der Waals surface area contributed by atoms with Crippen LogP contribution in [0.5, 0.6) is 0 Å². The van der Waals surface area contributed by atoms with Crippen molar-refractivity contribution in [3.8, 4) is 0 Å². The largest absolute Gasteiger partial charge is 0.350 e. The molecule has 1 heterocycles. The van der Waals surface area contributed by atoms with Crippen LogP contribution in [0.3, 0.4) is 0 Å². The maximum atomic E-state index is 13.4. The van der Waals surface area contributed by atoms with Crippen LogP contribution in [-0.4, -0.2) is 11.8 Å². The lowest BCUT2D eigenvalue weighted by Gasteiger charge is -2.16. The second kappa shape index (κ2) is 8.82. The van der Waals surface area contributed by atoms with E-state index in [1.54, 1.807) is 0 Å². The molecule has 156 valence electrons. The summed E-state index contributed by atoms with van der Waals surface area (Å²) in [5, 5.41) is 3.28. The Morgan fingerprint density at radius 2 is 1.42 bits per heavy atom. The first-order valence-corrected chi connectivity index (χ1v) is 11.1. The number of amides is 2. The minimum atomic E-state index is -0.339. The second-order valence-electron chi connectivity index (χ2n) is 7.54. The van der Waals surface area contributed by atoms with E-state index in [2.05, 4.69) is 12.2 Å². The van der Waals surface area contributed by atoms with Crippen molar-refractivity contribution in [1.29, 1.82) is 0 Å². The number of aryl methyl sites for hydroxylation is 3. The Bertz CT molecular complexity index is 1160. The van der Waals surface area contributed by atoms with E-state index in [1.165, 1.54) is 16.7 Å². The van der Waals surface area contributed by atoms with E-state index < -0.39 is 0 Å². The first-order valence-electron chi connectivity index (χ1n) is 10.3. The maximum absolute atomic E-state index is 13.4. The van der Waals surface area contributed by atoms with E-state index in [-0.39, 0.29) is 11.8 Å². The molecule has 5 heteroatoms. The van der Waals surface area contributed by atoms with Gasteiger partial charge in [-0.1, -0.05) is 72.3 Å². The lowest BCUT2D eigenvalue weighted by Crippen LogP contribution is -2.32. The van der Waals surface area contributed by atoms with E-state index in [9.17, 15) is 9.59 Å². The van der Waals surface area contributed by atoms with Gasteiger partial charge in [0.2, 0.25) is 0 Å². The molecule has 2 amide bonds. The highest BCUT2D eigenvalue weighted by atomic mass is 32.2. The molecule has 0 bridgehead atoms. The van der Waals surface area contributed by atoms with Gasteiger partial charge in [-0.3, -0.25) is 9.59 Å². The second-order valence-corrected chi connectivity index (χ2v) is 8.62. The number of nitrogens with zero attached hydrogens (tertiary/aromatic N) is 1. The fourth-order valence-corrected chi connectivity index (χ4v) is 4.38. The highest BCUT2D eigenvalue weighted by Gasteiger charge is 2.40. The number of carbonyl (C=O) groups is 2. The van der Waals surface area contributed by atoms with Crippen molar-refractivity contribution in [2.45, 2.75) is 32.1 Å². The number of hydrogen-bond acceptors (Lipinski definition) is 4. The van der Waals surface area contributed by atoms with Crippen LogP contribution in [-0.2, 0) is 16.0 Å². The van der Waals surface area contributed by atoms with Gasteiger partial charge in [-0.05, 0) is 56.2 Å². The summed E-state index contributed by atoms with van der Waals surface area (Å²) in [6.07, 6.45) is 0.820. The Balaban J connectivity index is 1.76. The van der Waals surface area contributed by atoms with Gasteiger partial charge in [0.15, 0.2) is 0 Å². The van der Waals surface area contributed by atoms with Crippen LogP contribution in [0.2, 0.25) is 0 Å². The van der Waals surface area contributed by atoms with Crippen LogP contribution >= 0.6 is 11.8 Å². The predicted molar refractivity (Wildman–Crippen MR) is 127 cm³/mol. The molecule has 0 radical (unpaired) electrons. The van der Waals surface area contributed by atoms with Gasteiger partial charge >= 0.3 is 0 Å². The molecule has 3 aromatic carbocycles. The van der Waals surface area contributed by atoms with Gasteiger partial charge in [-0.15, -0.1) is 0 Å². The number of anilines is 2. The number of carbonyl (C=O) groups excluding carboxylic acids is 2. The van der Waals surface area contributed by atoms with Gasteiger partial charge in [0.25, 0.3) is 11.8 Å². The Labute approximate surface area is 187 Å². The van der Waals surface area contributed by atoms with E-state index >= 15 is 0 Å². The van der Waals surface area contributed by atoms with Crippen LogP contribution in [0, 0.1) is 13.8 Å². The van der Waals surface area contributed by atoms with Crippen LogP contribution in [0.4, 0.5) is 11.4 Å². The van der Waals surface area contributed by atoms with Crippen LogP contribution < -0.4 is 10.2 Å². The molecule has 1 N–H and O–H groups in total. The van der Waals surface area contributed by atoms with Crippen molar-refractivity contribution in [2.75, 3.05) is 10.2 Å². The first-order chi connectivity index (χ1) is 15.0. The number of benzene rings is 3. The quantitative estimate of drug-likeness (QED) is 0.500. The van der Waals surface area contributed by atoms with Crippen molar-refractivity contribution in [3.05, 3.63) is 100 Å². The summed E-state index contributed by atoms with van der Waals surface area (Å²) < 4.78 is 0. The van der Waals surface area contributed by atoms with Crippen molar-refractivity contribution in [1.82, 2.24) is 0 Å². The lowest BCUT2D eigenvalue weighted by atomic mass is 10.1. The third kappa shape index (κ3) is 4.28. The van der Waals surface area contributed by atoms with Crippen molar-refractivity contribution >= 4 is 35.0 Å². The van der Waals surface area contributed by atoms with Crippen LogP contribution in [0.15, 0.2) is 88.3 Å². The third-order valence-electron chi connectivity index (χ3n) is 5.23. The molecular formula is C26H24N2O2S. The highest BCUT2D eigenvalue weighted by molar-refractivity contribution is 8.04. The molecule has 4 nitrogen and oxygen atoms in total. The fraction of sp³-hybridized carbons (Fsp3) is 0.154. The lowest BCUT2D eigenvalue weighted by molar-refractivity contribution is -0.120. The summed E-state index contributed by atoms with van der Waals surface area (Å²) >= 11 is 1.32. The Morgan fingerprint density at radius 3 is 2.06 bits per heavy atom. The molecule has 3 aromatic rings. The van der Waals surface area contributed by atoms with E-state index in [4.69, 9.17) is 0 Å². The van der Waals surface area contributed by atoms with Gasteiger partial charge in [0.1, 0.15) is 10.6 Å². The molecule has 1 aliphatic heterocycles. The zero-order valence-electron chi connectivity index (χ0n) is 17.8. The molecule has 0 unspecified atom stereocenters. The first kappa shape index (κ1) is 20.9. The number of thioether (sulfide) groups is 1. The minimum Gasteiger partial charge on any atom is -0.350 e. The number of hydrogen-bond donors (Lipinski definition) is 1. The van der Waals surface area contributed by atoms with Crippen molar-refractivity contribution in [2.24, 2.45) is 0 Å². The summed E-state index contributed by atoms with van der Waals surface area (Å²) in [6.45, 7) is 6.06. The summed E-state index contributed by atoms with van der Waals surface area (Å²) in [4.78, 5) is 29.4. The van der Waals surface area contributed by atoms with Crippen LogP contribution in [0.1, 0.15) is 23.6 Å². The molecule has 1 aliphatic rings. The van der Waals surface area contributed by atoms with E-state index in [0.29, 0.717) is 16.3 Å². The Hall–Kier alpha value is -3.31. The van der Waals surface area contributed by atoms with Crippen molar-refractivity contribution < 1.29 is 9.59 Å². The summed E-state index contributed by atoms with van der Waals surface area (Å²) in [5.74, 6) is -0.648. The number of para-hydroxylation sites is 1. The minimum absolute atomic E-state index is 0.309. The average molecular weight is 429 g/mol. The zero-order chi connectivity index (χ0) is 22.0. The molecule has 0 fully saturated rings. The van der Waals surface area contributed by atoms with Crippen LogP contribution in [0.25, 0.3) is 0 Å². The standard InChI is InChI=1S/C26H24N2O2S/c1-4-19-7-5-6-8-22(19)27-23-24(31-21-15-11-18(3)12-16-21)26(30)28(25(23)29)20-13-9-17(2)10-14-20/h5-16,27H,4H2,1-3H3. The molecule has 4 rings (SSSR count). The summed E-state index contributed by atoms with van der Waals surface area (Å²) in [6, 6.07) is 23.2. The van der Waals surface area contributed by atoms with Gasteiger partial charge in [0.05, 0.1) is 5.69 Å². The summed E-state index contributed by atoms with van der Waals surface area (Å²) in [5.41, 5.74) is 5.03. The van der Waals surface area contributed by atoms with Gasteiger partial charge in [-0.2, -0.15) is 0 Å². The van der Waals surface area contributed by atoms with Gasteiger partial charge in [-0.25, -0.2) is 4.90 Å². The number of rotatable bonds is 6. The molecule has 0 aliphatic carbocycles. The Kier molecular flexibility index (Phi) is 5.96. The molecule has 0 aromatic heterocycles. The third-order valence-corrected chi connectivity index (χ3v) is 6.32. The summed E-state index contributed by atoms with van der Waals surface area (Å²) in [7, 11) is 0. The van der Waals surface area contributed by atoms with Crippen molar-refractivity contribution in [3.63, 3.8) is 0 Å². The smallest absolute Gasteiger partial charge is 0.283 e. The topological polar surface area (TPSA) is 49.4 Å². The SMILES string of the molecule is CCc1ccccc1NC1=C(Sc2ccc(C)cc2)C(=O)N(c2ccc(C)cc2)C1=O. The monoisotopic (exact) mass is 428 g/mol. The molecule has 31 heavy (non-hydrogen) atoms. The fourth-order valence-electron chi connectivity index (χ4n) is 3.45. The molecule has 0 atom stereocenters. The van der Waals surface area contributed by atoms with Gasteiger partial charge < -0.3 is 5.32 Å². The molecule has 0 spiro atoms. The highest BCUT2D eigenvalue weighted by Crippen LogP contribution is 2.38. The zero-order valence-corrected chi connectivity index (χ0v) is 18.6. The maximum Gasteiger partial charge on any atom is 0.283 e.